The zero-order valence-electron chi connectivity index (χ0n) is 15.0. The average Bonchev–Trinajstić information content (AvgIpc) is 3.45. The molecule has 1 aromatic rings. The quantitative estimate of drug-likeness (QED) is 0.787. The normalized spacial score (nSPS) is 20.8. The van der Waals surface area contributed by atoms with Crippen LogP contribution in [0.15, 0.2) is 35.2 Å². The second kappa shape index (κ2) is 8.23. The Morgan fingerprint density at radius 2 is 1.72 bits per heavy atom. The first-order valence-corrected chi connectivity index (χ1v) is 9.97. The fourth-order valence-electron chi connectivity index (χ4n) is 3.06. The van der Waals surface area contributed by atoms with E-state index in [1.54, 1.807) is 11.8 Å². The number of nitrogens with one attached hydrogen (secondary N) is 1. The lowest BCUT2D eigenvalue weighted by atomic mass is 10.2. The minimum absolute atomic E-state index is 0.0930. The van der Waals surface area contributed by atoms with Crippen molar-refractivity contribution in [3.8, 4) is 0 Å². The number of thioether (sulfide) groups is 1. The van der Waals surface area contributed by atoms with Crippen molar-refractivity contribution in [1.29, 1.82) is 0 Å². The molecule has 3 rings (SSSR count). The van der Waals surface area contributed by atoms with Crippen molar-refractivity contribution in [1.82, 2.24) is 15.1 Å². The number of amides is 2. The van der Waals surface area contributed by atoms with Crippen molar-refractivity contribution in [3.63, 3.8) is 0 Å². The van der Waals surface area contributed by atoms with Crippen LogP contribution in [0.1, 0.15) is 26.7 Å². The molecule has 1 saturated carbocycles. The minimum atomic E-state index is -0.117. The number of rotatable bonds is 6. The van der Waals surface area contributed by atoms with Crippen LogP contribution in [-0.4, -0.2) is 65.1 Å². The number of carbonyl (C=O) groups is 2. The lowest BCUT2D eigenvalue weighted by molar-refractivity contribution is -0.133. The highest BCUT2D eigenvalue weighted by Gasteiger charge is 2.31. The van der Waals surface area contributed by atoms with E-state index in [1.807, 2.05) is 49.1 Å². The summed E-state index contributed by atoms with van der Waals surface area (Å²) in [4.78, 5) is 30.1. The standard InChI is InChI=1S/C19H27N3O2S/c1-14(18(23)20-16-8-9-16)21-10-12-22(13-11-21)19(24)15(2)25-17-6-4-3-5-7-17/h3-7,14-16H,8-13H2,1-2H3,(H,20,23). The molecular weight excluding hydrogens is 334 g/mol. The van der Waals surface area contributed by atoms with Gasteiger partial charge in [-0.25, -0.2) is 0 Å². The van der Waals surface area contributed by atoms with E-state index in [-0.39, 0.29) is 23.1 Å². The van der Waals surface area contributed by atoms with E-state index in [2.05, 4.69) is 10.2 Å². The van der Waals surface area contributed by atoms with E-state index < -0.39 is 0 Å². The van der Waals surface area contributed by atoms with Gasteiger partial charge in [-0.3, -0.25) is 14.5 Å². The molecule has 6 heteroatoms. The zero-order valence-corrected chi connectivity index (χ0v) is 15.8. The van der Waals surface area contributed by atoms with Gasteiger partial charge in [0.2, 0.25) is 11.8 Å². The molecule has 2 aliphatic rings. The van der Waals surface area contributed by atoms with Gasteiger partial charge in [0.05, 0.1) is 11.3 Å². The molecule has 0 spiro atoms. The first-order chi connectivity index (χ1) is 12.0. The SMILES string of the molecule is CC(Sc1ccccc1)C(=O)N1CCN(C(C)C(=O)NC2CC2)CC1. The summed E-state index contributed by atoms with van der Waals surface area (Å²) < 4.78 is 0. The minimum Gasteiger partial charge on any atom is -0.352 e. The summed E-state index contributed by atoms with van der Waals surface area (Å²) in [7, 11) is 0. The van der Waals surface area contributed by atoms with Gasteiger partial charge in [0.15, 0.2) is 0 Å². The van der Waals surface area contributed by atoms with Crippen LogP contribution in [0.25, 0.3) is 0 Å². The van der Waals surface area contributed by atoms with Gasteiger partial charge in [-0.2, -0.15) is 0 Å². The number of carbonyl (C=O) groups excluding carboxylic acids is 2. The molecule has 1 saturated heterocycles. The molecule has 2 amide bonds. The van der Waals surface area contributed by atoms with E-state index in [0.29, 0.717) is 19.1 Å². The number of nitrogens with zero attached hydrogens (tertiary/aromatic N) is 2. The van der Waals surface area contributed by atoms with Gasteiger partial charge in [0.1, 0.15) is 0 Å². The van der Waals surface area contributed by atoms with Crippen molar-refractivity contribution >= 4 is 23.6 Å². The second-order valence-electron chi connectivity index (χ2n) is 6.89. The van der Waals surface area contributed by atoms with E-state index in [0.717, 1.165) is 30.8 Å². The first kappa shape index (κ1) is 18.3. The summed E-state index contributed by atoms with van der Waals surface area (Å²) in [5.74, 6) is 0.305. The highest BCUT2D eigenvalue weighted by atomic mass is 32.2. The Morgan fingerprint density at radius 3 is 2.32 bits per heavy atom. The molecule has 1 N–H and O–H groups in total. The Hall–Kier alpha value is -1.53. The van der Waals surface area contributed by atoms with Gasteiger partial charge in [0, 0.05) is 37.1 Å². The van der Waals surface area contributed by atoms with Crippen LogP contribution >= 0.6 is 11.8 Å². The Balaban J connectivity index is 1.46. The summed E-state index contributed by atoms with van der Waals surface area (Å²) in [6.45, 7) is 6.84. The molecule has 2 atom stereocenters. The van der Waals surface area contributed by atoms with Gasteiger partial charge in [-0.15, -0.1) is 11.8 Å². The molecule has 1 aromatic carbocycles. The van der Waals surface area contributed by atoms with Crippen LogP contribution in [0, 0.1) is 0 Å². The van der Waals surface area contributed by atoms with E-state index >= 15 is 0 Å². The van der Waals surface area contributed by atoms with Crippen molar-refractivity contribution in [2.45, 2.75) is 48.9 Å². The Bertz CT molecular complexity index is 598. The highest BCUT2D eigenvalue weighted by Crippen LogP contribution is 2.24. The Morgan fingerprint density at radius 1 is 1.08 bits per heavy atom. The van der Waals surface area contributed by atoms with Crippen molar-refractivity contribution in [2.24, 2.45) is 0 Å². The van der Waals surface area contributed by atoms with Crippen molar-refractivity contribution in [3.05, 3.63) is 30.3 Å². The third-order valence-corrected chi connectivity index (χ3v) is 5.98. The summed E-state index contributed by atoms with van der Waals surface area (Å²) in [6.07, 6.45) is 2.22. The summed E-state index contributed by atoms with van der Waals surface area (Å²) >= 11 is 1.60. The Labute approximate surface area is 154 Å². The number of piperazine rings is 1. The average molecular weight is 362 g/mol. The van der Waals surface area contributed by atoms with Crippen LogP contribution in [-0.2, 0) is 9.59 Å². The second-order valence-corrected chi connectivity index (χ2v) is 8.31. The molecule has 1 aliphatic carbocycles. The van der Waals surface area contributed by atoms with Gasteiger partial charge in [-0.1, -0.05) is 18.2 Å². The molecular formula is C19H27N3O2S. The van der Waals surface area contributed by atoms with Crippen molar-refractivity contribution < 1.29 is 9.59 Å². The predicted octanol–water partition coefficient (Wildman–Crippen LogP) is 1.98. The lowest BCUT2D eigenvalue weighted by Gasteiger charge is -2.38. The molecule has 2 fully saturated rings. The predicted molar refractivity (Wildman–Crippen MR) is 101 cm³/mol. The molecule has 136 valence electrons. The van der Waals surface area contributed by atoms with Gasteiger partial charge in [-0.05, 0) is 38.8 Å². The maximum atomic E-state index is 12.7. The maximum Gasteiger partial charge on any atom is 0.237 e. The number of hydrogen-bond donors (Lipinski definition) is 1. The summed E-state index contributed by atoms with van der Waals surface area (Å²) in [5.41, 5.74) is 0. The van der Waals surface area contributed by atoms with Gasteiger partial charge < -0.3 is 10.2 Å². The molecule has 5 nitrogen and oxygen atoms in total. The molecule has 1 aliphatic heterocycles. The van der Waals surface area contributed by atoms with Crippen LogP contribution in [0.4, 0.5) is 0 Å². The topological polar surface area (TPSA) is 52.7 Å². The molecule has 2 unspecified atom stereocenters. The zero-order chi connectivity index (χ0) is 17.8. The highest BCUT2D eigenvalue weighted by molar-refractivity contribution is 8.00. The maximum absolute atomic E-state index is 12.7. The summed E-state index contributed by atoms with van der Waals surface area (Å²) in [6, 6.07) is 10.3. The van der Waals surface area contributed by atoms with Gasteiger partial charge >= 0.3 is 0 Å². The molecule has 1 heterocycles. The van der Waals surface area contributed by atoms with Crippen LogP contribution in [0.2, 0.25) is 0 Å². The molecule has 0 aromatic heterocycles. The summed E-state index contributed by atoms with van der Waals surface area (Å²) in [5, 5.41) is 2.97. The number of benzene rings is 1. The van der Waals surface area contributed by atoms with E-state index in [4.69, 9.17) is 0 Å². The first-order valence-electron chi connectivity index (χ1n) is 9.09. The molecule has 0 bridgehead atoms. The number of hydrogen-bond acceptors (Lipinski definition) is 4. The van der Waals surface area contributed by atoms with Crippen LogP contribution in [0.5, 0.6) is 0 Å². The fraction of sp³-hybridized carbons (Fsp3) is 0.579. The third-order valence-electron chi connectivity index (χ3n) is 4.88. The fourth-order valence-corrected chi connectivity index (χ4v) is 4.03. The third kappa shape index (κ3) is 4.98. The largest absolute Gasteiger partial charge is 0.352 e. The van der Waals surface area contributed by atoms with Crippen LogP contribution < -0.4 is 5.32 Å². The molecule has 0 radical (unpaired) electrons. The van der Waals surface area contributed by atoms with E-state index in [9.17, 15) is 9.59 Å². The monoisotopic (exact) mass is 361 g/mol. The smallest absolute Gasteiger partial charge is 0.237 e. The van der Waals surface area contributed by atoms with Gasteiger partial charge in [0.25, 0.3) is 0 Å². The van der Waals surface area contributed by atoms with E-state index in [1.165, 1.54) is 0 Å². The molecule has 25 heavy (non-hydrogen) atoms. The Kier molecular flexibility index (Phi) is 6.02. The van der Waals surface area contributed by atoms with Crippen LogP contribution in [0.3, 0.4) is 0 Å². The lowest BCUT2D eigenvalue weighted by Crippen LogP contribution is -2.56. The van der Waals surface area contributed by atoms with Crippen molar-refractivity contribution in [2.75, 3.05) is 26.2 Å².